The molecule has 2 saturated heterocycles. The van der Waals surface area contributed by atoms with Crippen LogP contribution in [-0.4, -0.2) is 38.6 Å². The van der Waals surface area contributed by atoms with Gasteiger partial charge in [0.1, 0.15) is 36.9 Å². The maximum absolute atomic E-state index is 5.40. The first-order valence-corrected chi connectivity index (χ1v) is 13.5. The van der Waals surface area contributed by atoms with Crippen molar-refractivity contribution in [3.8, 4) is 22.6 Å². The zero-order chi connectivity index (χ0) is 26.4. The van der Waals surface area contributed by atoms with Gasteiger partial charge in [-0.15, -0.1) is 0 Å². The molecule has 0 aromatic heterocycles. The fourth-order valence-electron chi connectivity index (χ4n) is 3.61. The van der Waals surface area contributed by atoms with Crippen molar-refractivity contribution in [3.63, 3.8) is 0 Å². The highest BCUT2D eigenvalue weighted by molar-refractivity contribution is 5.63. The second-order valence-corrected chi connectivity index (χ2v) is 9.26. The number of para-hydroxylation sites is 2. The van der Waals surface area contributed by atoms with Gasteiger partial charge in [0.15, 0.2) is 0 Å². The van der Waals surface area contributed by atoms with Gasteiger partial charge in [0, 0.05) is 0 Å². The Kier molecular flexibility index (Phi) is 16.8. The van der Waals surface area contributed by atoms with Crippen molar-refractivity contribution in [1.82, 2.24) is 0 Å². The number of benzene rings is 4. The maximum atomic E-state index is 5.40. The lowest BCUT2D eigenvalue weighted by atomic mass is 10.0. The van der Waals surface area contributed by atoms with Crippen LogP contribution in [0, 0.1) is 0 Å². The maximum Gasteiger partial charge on any atom is 0.119 e. The summed E-state index contributed by atoms with van der Waals surface area (Å²) in [6, 6.07) is 37.3. The van der Waals surface area contributed by atoms with Crippen LogP contribution >= 0.6 is 0 Å². The standard InChI is InChI=1S/C16H18.2C9H10O2.3CH4/c1-3-13-5-9-15(10-6-13)16-11-7-14(4-2)8-12-16;2*1-2-4-8(5-3-1)10-6-9-7-11-9;;;/h5-12H,3-4H2,1-2H3;2*1-5,9H,6-7H2;3*1H4. The third kappa shape index (κ3) is 13.5. The Morgan fingerprint density at radius 1 is 0.512 bits per heavy atom. The average molecular weight is 559 g/mol. The molecule has 222 valence electrons. The number of ether oxygens (including phenoxy) is 4. The smallest absolute Gasteiger partial charge is 0.119 e. The van der Waals surface area contributed by atoms with Gasteiger partial charge in [-0.2, -0.15) is 0 Å². The first-order valence-electron chi connectivity index (χ1n) is 13.5. The summed E-state index contributed by atoms with van der Waals surface area (Å²) in [5.74, 6) is 1.84. The van der Waals surface area contributed by atoms with Crippen LogP contribution in [0.4, 0.5) is 0 Å². The monoisotopic (exact) mass is 558 g/mol. The summed E-state index contributed by atoms with van der Waals surface area (Å²) in [5.41, 5.74) is 5.41. The Morgan fingerprint density at radius 3 is 1.10 bits per heavy atom. The van der Waals surface area contributed by atoms with Crippen LogP contribution < -0.4 is 9.47 Å². The number of rotatable bonds is 9. The van der Waals surface area contributed by atoms with Gasteiger partial charge >= 0.3 is 0 Å². The lowest BCUT2D eigenvalue weighted by molar-refractivity contribution is 0.263. The fraction of sp³-hybridized carbons (Fsp3) is 0.351. The molecule has 2 fully saturated rings. The molecule has 41 heavy (non-hydrogen) atoms. The highest BCUT2D eigenvalue weighted by Crippen LogP contribution is 2.21. The van der Waals surface area contributed by atoms with Crippen LogP contribution in [0.2, 0.25) is 0 Å². The molecule has 2 atom stereocenters. The molecule has 6 rings (SSSR count). The Hall–Kier alpha value is -3.60. The van der Waals surface area contributed by atoms with Crippen molar-refractivity contribution in [1.29, 1.82) is 0 Å². The van der Waals surface area contributed by atoms with E-state index in [2.05, 4.69) is 62.4 Å². The molecule has 0 N–H and O–H groups in total. The average Bonchev–Trinajstić information content (AvgIpc) is 3.93. The van der Waals surface area contributed by atoms with Gasteiger partial charge in [-0.3, -0.25) is 0 Å². The lowest BCUT2D eigenvalue weighted by Gasteiger charge is -2.04. The molecule has 4 nitrogen and oxygen atoms in total. The van der Waals surface area contributed by atoms with Crippen LogP contribution in [0.3, 0.4) is 0 Å². The van der Waals surface area contributed by atoms with Crippen LogP contribution in [0.5, 0.6) is 11.5 Å². The predicted molar refractivity (Wildman–Crippen MR) is 174 cm³/mol. The molecule has 2 aliphatic heterocycles. The third-order valence-electron chi connectivity index (χ3n) is 6.22. The van der Waals surface area contributed by atoms with Crippen molar-refractivity contribution in [2.24, 2.45) is 0 Å². The van der Waals surface area contributed by atoms with Crippen molar-refractivity contribution >= 4 is 0 Å². The Morgan fingerprint density at radius 2 is 0.829 bits per heavy atom. The van der Waals surface area contributed by atoms with Gasteiger partial charge < -0.3 is 18.9 Å². The quantitative estimate of drug-likeness (QED) is 0.192. The van der Waals surface area contributed by atoms with E-state index in [0.29, 0.717) is 25.4 Å². The number of hydrogen-bond donors (Lipinski definition) is 0. The van der Waals surface area contributed by atoms with Gasteiger partial charge in [-0.05, 0) is 59.4 Å². The molecular formula is C37H50O4. The zero-order valence-electron chi connectivity index (χ0n) is 22.4. The van der Waals surface area contributed by atoms with E-state index in [4.69, 9.17) is 18.9 Å². The van der Waals surface area contributed by atoms with Crippen LogP contribution in [0.15, 0.2) is 109 Å². The van der Waals surface area contributed by atoms with Crippen LogP contribution in [0.1, 0.15) is 47.3 Å². The summed E-state index contributed by atoms with van der Waals surface area (Å²) in [6.45, 7) is 7.45. The minimum atomic E-state index is 0. The molecule has 0 amide bonds. The van der Waals surface area contributed by atoms with Crippen molar-refractivity contribution in [3.05, 3.63) is 120 Å². The van der Waals surface area contributed by atoms with Crippen LogP contribution in [0.25, 0.3) is 11.1 Å². The zero-order valence-corrected chi connectivity index (χ0v) is 22.4. The topological polar surface area (TPSA) is 43.5 Å². The molecule has 2 unspecified atom stereocenters. The predicted octanol–water partition coefficient (Wildman–Crippen LogP) is 9.32. The summed E-state index contributed by atoms with van der Waals surface area (Å²) in [6.07, 6.45) is 2.90. The molecule has 4 heteroatoms. The largest absolute Gasteiger partial charge is 0.491 e. The first-order chi connectivity index (χ1) is 18.7. The van der Waals surface area contributed by atoms with E-state index in [1.54, 1.807) is 0 Å². The summed E-state index contributed by atoms with van der Waals surface area (Å²) in [4.78, 5) is 0. The molecular weight excluding hydrogens is 508 g/mol. The third-order valence-corrected chi connectivity index (χ3v) is 6.22. The van der Waals surface area contributed by atoms with Gasteiger partial charge in [-0.25, -0.2) is 0 Å². The Labute approximate surface area is 249 Å². The van der Waals surface area contributed by atoms with Crippen molar-refractivity contribution in [2.75, 3.05) is 26.4 Å². The molecule has 4 aromatic carbocycles. The Bertz CT molecular complexity index is 1070. The second-order valence-electron chi connectivity index (χ2n) is 9.26. The summed E-state index contributed by atoms with van der Waals surface area (Å²) in [5, 5.41) is 0. The van der Waals surface area contributed by atoms with E-state index in [9.17, 15) is 0 Å². The van der Waals surface area contributed by atoms with E-state index >= 15 is 0 Å². The molecule has 4 aromatic rings. The van der Waals surface area contributed by atoms with E-state index in [1.165, 1.54) is 22.3 Å². The molecule has 0 saturated carbocycles. The van der Waals surface area contributed by atoms with Gasteiger partial charge in [0.25, 0.3) is 0 Å². The van der Waals surface area contributed by atoms with E-state index in [1.807, 2.05) is 60.7 Å². The molecule has 0 radical (unpaired) electrons. The number of epoxide rings is 2. The van der Waals surface area contributed by atoms with Gasteiger partial charge in [0.2, 0.25) is 0 Å². The SMILES string of the molecule is C.C.C.CCc1ccc(-c2ccc(CC)cc2)cc1.c1ccc(OCC2CO2)cc1.c1ccc(OCC2CO2)cc1. The molecule has 0 bridgehead atoms. The second kappa shape index (κ2) is 19.5. The summed E-state index contributed by atoms with van der Waals surface area (Å²) < 4.78 is 20.8. The minimum Gasteiger partial charge on any atom is -0.491 e. The summed E-state index contributed by atoms with van der Waals surface area (Å²) >= 11 is 0. The molecule has 2 heterocycles. The highest BCUT2D eigenvalue weighted by atomic mass is 16.6. The van der Waals surface area contributed by atoms with E-state index in [0.717, 1.165) is 37.6 Å². The van der Waals surface area contributed by atoms with Crippen molar-refractivity contribution in [2.45, 2.75) is 61.2 Å². The normalized spacial score (nSPS) is 15.5. The van der Waals surface area contributed by atoms with E-state index in [-0.39, 0.29) is 22.3 Å². The summed E-state index contributed by atoms with van der Waals surface area (Å²) in [7, 11) is 0. The minimum absolute atomic E-state index is 0. The molecule has 2 aliphatic rings. The molecule has 0 spiro atoms. The number of hydrogen-bond acceptors (Lipinski definition) is 4. The number of aryl methyl sites for hydroxylation is 2. The van der Waals surface area contributed by atoms with Crippen LogP contribution in [-0.2, 0) is 22.3 Å². The Balaban J connectivity index is 0.000000303. The first kappa shape index (κ1) is 35.4. The highest BCUT2D eigenvalue weighted by Gasteiger charge is 2.23. The lowest BCUT2D eigenvalue weighted by Crippen LogP contribution is -2.03. The molecule has 0 aliphatic carbocycles. The van der Waals surface area contributed by atoms with Gasteiger partial charge in [0.05, 0.1) is 13.2 Å². The van der Waals surface area contributed by atoms with E-state index < -0.39 is 0 Å². The fourth-order valence-corrected chi connectivity index (χ4v) is 3.61. The van der Waals surface area contributed by atoms with Gasteiger partial charge in [-0.1, -0.05) is 121 Å². The van der Waals surface area contributed by atoms with Crippen molar-refractivity contribution < 1.29 is 18.9 Å².